The molecule has 0 saturated carbocycles. The minimum atomic E-state index is -4.02. The van der Waals surface area contributed by atoms with Crippen molar-refractivity contribution in [2.75, 3.05) is 11.4 Å². The van der Waals surface area contributed by atoms with Crippen LogP contribution in [-0.2, 0) is 10.0 Å². The molecule has 1 aliphatic heterocycles. The molecule has 5 aromatic rings. The van der Waals surface area contributed by atoms with E-state index in [9.17, 15) is 8.42 Å². The zero-order valence-electron chi connectivity index (χ0n) is 26.0. The van der Waals surface area contributed by atoms with Gasteiger partial charge in [-0.05, 0) is 79.8 Å². The van der Waals surface area contributed by atoms with Crippen LogP contribution < -0.4 is 4.90 Å². The quantitative estimate of drug-likeness (QED) is 0.185. The first kappa shape index (κ1) is 30.0. The molecule has 1 heterocycles. The largest absolute Gasteiger partial charge is 0.325 e. The summed E-state index contributed by atoms with van der Waals surface area (Å²) in [4.78, 5) is 2.17. The Hall–Kier alpha value is -5.00. The standard InChI is InChI=1S/C40H36N2O2S/c1-5-42-38-14-10-9-13-35(38)39(40(42)41-45(43,44)34-25-19-30(4)20-26-34)37(31-11-7-6-8-12-31)27-36(32-21-15-28(2)16-22-32)33-23-17-29(3)18-24-33/h6-27H,5H2,1-4H3/b39-37+,41-40-. The van der Waals surface area contributed by atoms with Crippen molar-refractivity contribution in [1.82, 2.24) is 0 Å². The van der Waals surface area contributed by atoms with Crippen LogP contribution in [0.5, 0.6) is 0 Å². The Morgan fingerprint density at radius 3 is 1.71 bits per heavy atom. The van der Waals surface area contributed by atoms with Crippen molar-refractivity contribution in [3.05, 3.63) is 172 Å². The maximum atomic E-state index is 13.9. The molecule has 0 aliphatic carbocycles. The number of nitrogens with zero attached hydrogens (tertiary/aromatic N) is 2. The summed E-state index contributed by atoms with van der Waals surface area (Å²) in [6, 6.07) is 42.2. The van der Waals surface area contributed by atoms with E-state index in [-0.39, 0.29) is 4.90 Å². The SMILES string of the molecule is CCN1C(=N\S(=O)(=O)c2ccc(C)cc2)/C(=C(\C=C(c2ccc(C)cc2)c2ccc(C)cc2)c2ccccc2)c2ccccc21. The Kier molecular flexibility index (Phi) is 8.38. The van der Waals surface area contributed by atoms with Gasteiger partial charge in [0, 0.05) is 17.7 Å². The van der Waals surface area contributed by atoms with Crippen LogP contribution in [0.1, 0.15) is 45.9 Å². The van der Waals surface area contributed by atoms with Crippen LogP contribution >= 0.6 is 0 Å². The van der Waals surface area contributed by atoms with Gasteiger partial charge in [0.2, 0.25) is 0 Å². The van der Waals surface area contributed by atoms with Crippen LogP contribution in [0.25, 0.3) is 16.7 Å². The molecule has 0 N–H and O–H groups in total. The molecule has 0 radical (unpaired) electrons. The molecule has 0 atom stereocenters. The third-order valence-electron chi connectivity index (χ3n) is 8.15. The van der Waals surface area contributed by atoms with Gasteiger partial charge in [0.1, 0.15) is 0 Å². The van der Waals surface area contributed by atoms with Crippen LogP contribution in [0.4, 0.5) is 5.69 Å². The number of allylic oxidation sites excluding steroid dienone is 2. The third kappa shape index (κ3) is 6.17. The van der Waals surface area contributed by atoms with E-state index in [0.29, 0.717) is 12.4 Å². The van der Waals surface area contributed by atoms with Crippen molar-refractivity contribution >= 4 is 38.3 Å². The van der Waals surface area contributed by atoms with Crippen LogP contribution in [0.15, 0.2) is 143 Å². The molecule has 0 unspecified atom stereocenters. The molecule has 0 fully saturated rings. The molecule has 6 rings (SSSR count). The maximum absolute atomic E-state index is 13.9. The number of sulfonamides is 1. The number of para-hydroxylation sites is 1. The Balaban J connectivity index is 1.71. The second-order valence-electron chi connectivity index (χ2n) is 11.4. The van der Waals surface area contributed by atoms with Crippen LogP contribution in [0, 0.1) is 20.8 Å². The highest BCUT2D eigenvalue weighted by Crippen LogP contribution is 2.43. The molecule has 0 saturated heterocycles. The number of aryl methyl sites for hydroxylation is 3. The van der Waals surface area contributed by atoms with Crippen molar-refractivity contribution in [3.8, 4) is 0 Å². The Labute approximate surface area is 266 Å². The molecule has 224 valence electrons. The van der Waals surface area contributed by atoms with Crippen LogP contribution in [0.2, 0.25) is 0 Å². The number of rotatable bonds is 7. The Morgan fingerprint density at radius 1 is 0.644 bits per heavy atom. The summed E-state index contributed by atoms with van der Waals surface area (Å²) in [5, 5.41) is 0. The van der Waals surface area contributed by atoms with Gasteiger partial charge >= 0.3 is 0 Å². The molecule has 45 heavy (non-hydrogen) atoms. The third-order valence-corrected chi connectivity index (χ3v) is 9.43. The maximum Gasteiger partial charge on any atom is 0.284 e. The van der Waals surface area contributed by atoms with Gasteiger partial charge in [-0.25, -0.2) is 0 Å². The summed E-state index contributed by atoms with van der Waals surface area (Å²) in [6.07, 6.45) is 2.20. The molecular formula is C40H36N2O2S. The average Bonchev–Trinajstić information content (AvgIpc) is 3.35. The first-order valence-corrected chi connectivity index (χ1v) is 16.6. The van der Waals surface area contributed by atoms with E-state index in [1.54, 1.807) is 24.3 Å². The zero-order chi connectivity index (χ0) is 31.6. The number of fused-ring (bicyclic) bond motifs is 1. The van der Waals surface area contributed by atoms with E-state index >= 15 is 0 Å². The summed E-state index contributed by atoms with van der Waals surface area (Å²) < 4.78 is 32.4. The second kappa shape index (κ2) is 12.5. The average molecular weight is 609 g/mol. The van der Waals surface area contributed by atoms with Crippen molar-refractivity contribution in [3.63, 3.8) is 0 Å². The lowest BCUT2D eigenvalue weighted by atomic mass is 9.89. The highest BCUT2D eigenvalue weighted by molar-refractivity contribution is 7.90. The Morgan fingerprint density at radius 2 is 1.16 bits per heavy atom. The summed E-state index contributed by atoms with van der Waals surface area (Å²) in [5.41, 5.74) is 11.1. The van der Waals surface area contributed by atoms with E-state index < -0.39 is 10.0 Å². The number of anilines is 1. The van der Waals surface area contributed by atoms with Gasteiger partial charge in [-0.15, -0.1) is 4.40 Å². The lowest BCUT2D eigenvalue weighted by Gasteiger charge is -2.19. The molecule has 0 aromatic heterocycles. The lowest BCUT2D eigenvalue weighted by molar-refractivity contribution is 0.598. The summed E-state index contributed by atoms with van der Waals surface area (Å²) in [6.45, 7) is 8.69. The lowest BCUT2D eigenvalue weighted by Crippen LogP contribution is -2.27. The molecule has 0 bridgehead atoms. The van der Waals surface area contributed by atoms with Gasteiger partial charge in [-0.3, -0.25) is 0 Å². The van der Waals surface area contributed by atoms with E-state index in [1.165, 1.54) is 11.1 Å². The number of amidine groups is 1. The molecule has 5 aromatic carbocycles. The molecule has 5 heteroatoms. The minimum Gasteiger partial charge on any atom is -0.325 e. The highest BCUT2D eigenvalue weighted by atomic mass is 32.2. The van der Waals surface area contributed by atoms with Gasteiger partial charge < -0.3 is 4.90 Å². The number of hydrogen-bond acceptors (Lipinski definition) is 2. The van der Waals surface area contributed by atoms with Gasteiger partial charge in [-0.2, -0.15) is 8.42 Å². The fourth-order valence-corrected chi connectivity index (χ4v) is 6.71. The smallest absolute Gasteiger partial charge is 0.284 e. The molecule has 4 nitrogen and oxygen atoms in total. The van der Waals surface area contributed by atoms with E-state index in [4.69, 9.17) is 0 Å². The predicted molar refractivity (Wildman–Crippen MR) is 188 cm³/mol. The second-order valence-corrected chi connectivity index (χ2v) is 13.0. The van der Waals surface area contributed by atoms with Gasteiger partial charge in [-0.1, -0.05) is 126 Å². The number of hydrogen-bond donors (Lipinski definition) is 0. The van der Waals surface area contributed by atoms with Crippen LogP contribution in [0.3, 0.4) is 0 Å². The molecule has 0 amide bonds. The predicted octanol–water partition coefficient (Wildman–Crippen LogP) is 9.28. The number of likely N-dealkylation sites (N-methyl/N-ethyl adjacent to an activating group) is 1. The molecule has 0 spiro atoms. The van der Waals surface area contributed by atoms with E-state index in [1.807, 2.05) is 55.1 Å². The zero-order valence-corrected chi connectivity index (χ0v) is 26.8. The van der Waals surface area contributed by atoms with Crippen molar-refractivity contribution in [1.29, 1.82) is 0 Å². The van der Waals surface area contributed by atoms with Crippen LogP contribution in [-0.4, -0.2) is 20.8 Å². The topological polar surface area (TPSA) is 49.7 Å². The van der Waals surface area contributed by atoms with Crippen molar-refractivity contribution in [2.24, 2.45) is 4.40 Å². The monoisotopic (exact) mass is 608 g/mol. The van der Waals surface area contributed by atoms with Crippen molar-refractivity contribution < 1.29 is 8.42 Å². The van der Waals surface area contributed by atoms with Gasteiger partial charge in [0.25, 0.3) is 10.0 Å². The number of benzene rings is 5. The Bertz CT molecular complexity index is 1990. The fourth-order valence-electron chi connectivity index (χ4n) is 5.71. The van der Waals surface area contributed by atoms with Gasteiger partial charge in [0.05, 0.1) is 10.6 Å². The van der Waals surface area contributed by atoms with Crippen molar-refractivity contribution in [2.45, 2.75) is 32.6 Å². The fraction of sp³-hybridized carbons (Fsp3) is 0.125. The minimum absolute atomic E-state index is 0.170. The first-order chi connectivity index (χ1) is 21.7. The summed E-state index contributed by atoms with van der Waals surface area (Å²) >= 11 is 0. The first-order valence-electron chi connectivity index (χ1n) is 15.2. The van der Waals surface area contributed by atoms with E-state index in [0.717, 1.165) is 50.2 Å². The molecular weight excluding hydrogens is 573 g/mol. The summed E-state index contributed by atoms with van der Waals surface area (Å²) in [7, 11) is -4.02. The van der Waals surface area contributed by atoms with E-state index in [2.05, 4.69) is 91.1 Å². The summed E-state index contributed by atoms with van der Waals surface area (Å²) in [5.74, 6) is 0.418. The molecule has 1 aliphatic rings. The highest BCUT2D eigenvalue weighted by Gasteiger charge is 2.34. The van der Waals surface area contributed by atoms with Gasteiger partial charge in [0.15, 0.2) is 5.84 Å². The normalized spacial score (nSPS) is 14.8.